The van der Waals surface area contributed by atoms with Crippen molar-refractivity contribution in [2.75, 3.05) is 0 Å². The maximum Gasteiger partial charge on any atom is 0.133 e. The summed E-state index contributed by atoms with van der Waals surface area (Å²) in [4.78, 5) is 8.53. The fourth-order valence-electron chi connectivity index (χ4n) is 1.45. The topological polar surface area (TPSA) is 51.8 Å². The van der Waals surface area contributed by atoms with E-state index < -0.39 is 0 Å². The molecule has 4 heteroatoms. The zero-order valence-electron chi connectivity index (χ0n) is 8.73. The SMILES string of the molecule is NCc1ccnc(Cc2ccccc2Cl)n1. The van der Waals surface area contributed by atoms with E-state index in [4.69, 9.17) is 17.3 Å². The molecule has 0 radical (unpaired) electrons. The van der Waals surface area contributed by atoms with Crippen LogP contribution in [0.5, 0.6) is 0 Å². The lowest BCUT2D eigenvalue weighted by Crippen LogP contribution is -2.04. The zero-order chi connectivity index (χ0) is 11.4. The first-order valence-electron chi connectivity index (χ1n) is 5.04. The van der Waals surface area contributed by atoms with Crippen molar-refractivity contribution < 1.29 is 0 Å². The van der Waals surface area contributed by atoms with E-state index in [1.165, 1.54) is 0 Å². The van der Waals surface area contributed by atoms with Crippen LogP contribution in [0.4, 0.5) is 0 Å². The molecule has 3 nitrogen and oxygen atoms in total. The molecule has 1 heterocycles. The predicted octanol–water partition coefficient (Wildman–Crippen LogP) is 2.18. The monoisotopic (exact) mass is 233 g/mol. The Balaban J connectivity index is 2.24. The summed E-state index contributed by atoms with van der Waals surface area (Å²) in [5.74, 6) is 0.746. The van der Waals surface area contributed by atoms with Gasteiger partial charge in [-0.05, 0) is 17.7 Å². The Bertz CT molecular complexity index is 485. The summed E-state index contributed by atoms with van der Waals surface area (Å²) in [5.41, 5.74) is 7.40. The van der Waals surface area contributed by atoms with Crippen LogP contribution in [0.2, 0.25) is 5.02 Å². The van der Waals surface area contributed by atoms with Crippen molar-refractivity contribution in [3.05, 3.63) is 58.6 Å². The minimum absolute atomic E-state index is 0.429. The van der Waals surface area contributed by atoms with E-state index in [1.807, 2.05) is 30.3 Å². The van der Waals surface area contributed by atoms with E-state index in [0.717, 1.165) is 22.1 Å². The summed E-state index contributed by atoms with van der Waals surface area (Å²) in [7, 11) is 0. The summed E-state index contributed by atoms with van der Waals surface area (Å²) in [6, 6.07) is 9.51. The highest BCUT2D eigenvalue weighted by Crippen LogP contribution is 2.17. The Hall–Kier alpha value is -1.45. The van der Waals surface area contributed by atoms with E-state index in [0.29, 0.717) is 13.0 Å². The van der Waals surface area contributed by atoms with Crippen LogP contribution in [0.25, 0.3) is 0 Å². The van der Waals surface area contributed by atoms with Crippen molar-refractivity contribution in [1.82, 2.24) is 9.97 Å². The maximum atomic E-state index is 6.07. The van der Waals surface area contributed by atoms with Crippen molar-refractivity contribution in [2.45, 2.75) is 13.0 Å². The molecule has 16 heavy (non-hydrogen) atoms. The predicted molar refractivity (Wildman–Crippen MR) is 64.2 cm³/mol. The fourth-order valence-corrected chi connectivity index (χ4v) is 1.65. The molecule has 2 aromatic rings. The van der Waals surface area contributed by atoms with Gasteiger partial charge in [0.25, 0.3) is 0 Å². The Morgan fingerprint density at radius 3 is 2.75 bits per heavy atom. The van der Waals surface area contributed by atoms with E-state index in [1.54, 1.807) is 6.20 Å². The second kappa shape index (κ2) is 5.05. The van der Waals surface area contributed by atoms with Gasteiger partial charge in [0.1, 0.15) is 5.82 Å². The number of nitrogens with zero attached hydrogens (tertiary/aromatic N) is 2. The molecule has 0 fully saturated rings. The molecule has 0 aliphatic heterocycles. The number of halogens is 1. The van der Waals surface area contributed by atoms with Crippen LogP contribution in [-0.4, -0.2) is 9.97 Å². The third-order valence-corrected chi connectivity index (χ3v) is 2.65. The Kier molecular flexibility index (Phi) is 3.49. The second-order valence-corrected chi connectivity index (χ2v) is 3.84. The molecule has 0 amide bonds. The summed E-state index contributed by atoms with van der Waals surface area (Å²) >= 11 is 6.07. The number of hydrogen-bond acceptors (Lipinski definition) is 3. The molecular weight excluding hydrogens is 222 g/mol. The standard InChI is InChI=1S/C12H12ClN3/c13-11-4-2-1-3-9(11)7-12-15-6-5-10(8-14)16-12/h1-6H,7-8,14H2. The molecule has 0 unspecified atom stereocenters. The highest BCUT2D eigenvalue weighted by molar-refractivity contribution is 6.31. The van der Waals surface area contributed by atoms with E-state index in [2.05, 4.69) is 9.97 Å². The van der Waals surface area contributed by atoms with Crippen molar-refractivity contribution in [2.24, 2.45) is 5.73 Å². The molecule has 1 aromatic carbocycles. The first-order chi connectivity index (χ1) is 7.79. The molecular formula is C12H12ClN3. The molecule has 82 valence electrons. The molecule has 0 atom stereocenters. The van der Waals surface area contributed by atoms with Crippen LogP contribution in [0.1, 0.15) is 17.1 Å². The van der Waals surface area contributed by atoms with Gasteiger partial charge in [-0.3, -0.25) is 0 Å². The molecule has 1 aromatic heterocycles. The number of rotatable bonds is 3. The number of nitrogens with two attached hydrogens (primary N) is 1. The number of aromatic nitrogens is 2. The van der Waals surface area contributed by atoms with Crippen LogP contribution in [0, 0.1) is 0 Å². The lowest BCUT2D eigenvalue weighted by molar-refractivity contribution is 0.891. The Morgan fingerprint density at radius 2 is 2.00 bits per heavy atom. The summed E-state index contributed by atoms with van der Waals surface area (Å²) < 4.78 is 0. The van der Waals surface area contributed by atoms with Crippen molar-refractivity contribution in [3.63, 3.8) is 0 Å². The normalized spacial score (nSPS) is 10.4. The van der Waals surface area contributed by atoms with Gasteiger partial charge in [0, 0.05) is 24.2 Å². The molecule has 0 bridgehead atoms. The van der Waals surface area contributed by atoms with E-state index in [9.17, 15) is 0 Å². The molecule has 0 spiro atoms. The van der Waals surface area contributed by atoms with Crippen LogP contribution in [-0.2, 0) is 13.0 Å². The smallest absolute Gasteiger partial charge is 0.133 e. The molecule has 2 rings (SSSR count). The average Bonchev–Trinajstić information content (AvgIpc) is 2.32. The van der Waals surface area contributed by atoms with Gasteiger partial charge >= 0.3 is 0 Å². The molecule has 0 saturated heterocycles. The Labute approximate surface area is 99.3 Å². The Morgan fingerprint density at radius 1 is 1.19 bits per heavy atom. The molecule has 2 N–H and O–H groups in total. The van der Waals surface area contributed by atoms with Crippen LogP contribution in [0.3, 0.4) is 0 Å². The fraction of sp³-hybridized carbons (Fsp3) is 0.167. The van der Waals surface area contributed by atoms with Crippen LogP contribution < -0.4 is 5.73 Å². The van der Waals surface area contributed by atoms with Gasteiger partial charge in [0.05, 0.1) is 5.69 Å². The largest absolute Gasteiger partial charge is 0.325 e. The summed E-state index contributed by atoms with van der Waals surface area (Å²) in [6.45, 7) is 0.429. The lowest BCUT2D eigenvalue weighted by Gasteiger charge is -2.04. The first kappa shape index (κ1) is 11.0. The summed E-state index contributed by atoms with van der Waals surface area (Å²) in [6.07, 6.45) is 2.36. The number of hydrogen-bond donors (Lipinski definition) is 1. The molecule has 0 aliphatic carbocycles. The van der Waals surface area contributed by atoms with Gasteiger partial charge in [0.2, 0.25) is 0 Å². The van der Waals surface area contributed by atoms with Gasteiger partial charge in [-0.25, -0.2) is 9.97 Å². The average molecular weight is 234 g/mol. The third-order valence-electron chi connectivity index (χ3n) is 2.28. The zero-order valence-corrected chi connectivity index (χ0v) is 9.48. The van der Waals surface area contributed by atoms with Crippen molar-refractivity contribution in [1.29, 1.82) is 0 Å². The minimum atomic E-state index is 0.429. The van der Waals surface area contributed by atoms with E-state index >= 15 is 0 Å². The summed E-state index contributed by atoms with van der Waals surface area (Å²) in [5, 5.41) is 0.740. The van der Waals surface area contributed by atoms with Crippen molar-refractivity contribution in [3.8, 4) is 0 Å². The van der Waals surface area contributed by atoms with Gasteiger partial charge < -0.3 is 5.73 Å². The molecule has 0 saturated carbocycles. The number of benzene rings is 1. The second-order valence-electron chi connectivity index (χ2n) is 3.44. The van der Waals surface area contributed by atoms with Gasteiger partial charge in [-0.15, -0.1) is 0 Å². The van der Waals surface area contributed by atoms with Gasteiger partial charge in [0.15, 0.2) is 0 Å². The van der Waals surface area contributed by atoms with E-state index in [-0.39, 0.29) is 0 Å². The van der Waals surface area contributed by atoms with Crippen LogP contribution in [0.15, 0.2) is 36.5 Å². The minimum Gasteiger partial charge on any atom is -0.325 e. The lowest BCUT2D eigenvalue weighted by atomic mass is 10.1. The quantitative estimate of drug-likeness (QED) is 0.884. The molecule has 0 aliphatic rings. The maximum absolute atomic E-state index is 6.07. The van der Waals surface area contributed by atoms with Gasteiger partial charge in [-0.1, -0.05) is 29.8 Å². The van der Waals surface area contributed by atoms with Gasteiger partial charge in [-0.2, -0.15) is 0 Å². The third kappa shape index (κ3) is 2.56. The first-order valence-corrected chi connectivity index (χ1v) is 5.41. The highest BCUT2D eigenvalue weighted by Gasteiger charge is 2.03. The highest BCUT2D eigenvalue weighted by atomic mass is 35.5. The van der Waals surface area contributed by atoms with Crippen molar-refractivity contribution >= 4 is 11.6 Å². The van der Waals surface area contributed by atoms with Crippen LogP contribution >= 0.6 is 11.6 Å².